The minimum atomic E-state index is -3.95. The normalized spacial score (nSPS) is 19.4. The van der Waals surface area contributed by atoms with E-state index >= 15 is 0 Å². The molecule has 2 saturated heterocycles. The fourth-order valence-electron chi connectivity index (χ4n) is 5.52. The zero-order valence-corrected chi connectivity index (χ0v) is 24.1. The van der Waals surface area contributed by atoms with E-state index in [1.807, 2.05) is 17.9 Å². The van der Waals surface area contributed by atoms with Gasteiger partial charge < -0.3 is 14.4 Å². The van der Waals surface area contributed by atoms with E-state index in [1.54, 1.807) is 54.6 Å². The molecule has 1 spiro atoms. The number of fused-ring (bicyclic) bond motifs is 1. The number of hydrogen-bond donors (Lipinski definition) is 0. The Balaban J connectivity index is 1.26. The Labute approximate surface area is 244 Å². The van der Waals surface area contributed by atoms with Crippen molar-refractivity contribution in [2.24, 2.45) is 5.41 Å². The number of amides is 1. The second kappa shape index (κ2) is 10.8. The summed E-state index contributed by atoms with van der Waals surface area (Å²) in [4.78, 5) is 14.8. The van der Waals surface area contributed by atoms with Crippen molar-refractivity contribution in [1.82, 2.24) is 4.90 Å². The van der Waals surface area contributed by atoms with Gasteiger partial charge in [-0.1, -0.05) is 41.9 Å². The number of ether oxygens (including phenoxy) is 2. The predicted molar refractivity (Wildman–Crippen MR) is 156 cm³/mol. The Bertz CT molecular complexity index is 1610. The molecule has 3 aliphatic rings. The maximum Gasteiger partial charge on any atom is 0.264 e. The number of hydrogen-bond acceptors (Lipinski definition) is 5. The van der Waals surface area contributed by atoms with Gasteiger partial charge in [-0.2, -0.15) is 0 Å². The van der Waals surface area contributed by atoms with Crippen LogP contribution in [0.1, 0.15) is 29.5 Å². The number of halogens is 2. The van der Waals surface area contributed by atoms with E-state index in [-0.39, 0.29) is 39.8 Å². The van der Waals surface area contributed by atoms with Gasteiger partial charge in [-0.15, -0.1) is 0 Å². The van der Waals surface area contributed by atoms with Crippen LogP contribution in [0.5, 0.6) is 5.75 Å². The van der Waals surface area contributed by atoms with Crippen LogP contribution in [0.3, 0.4) is 0 Å². The first-order valence-corrected chi connectivity index (χ1v) is 15.3. The zero-order chi connectivity index (χ0) is 28.8. The molecule has 214 valence electrons. The van der Waals surface area contributed by atoms with Gasteiger partial charge in [0.1, 0.15) is 17.7 Å². The Morgan fingerprint density at radius 2 is 1.88 bits per heavy atom. The second-order valence-electron chi connectivity index (χ2n) is 11.1. The highest BCUT2D eigenvalue weighted by atomic mass is 35.5. The van der Waals surface area contributed by atoms with E-state index in [2.05, 4.69) is 0 Å². The summed E-state index contributed by atoms with van der Waals surface area (Å²) in [6, 6.07) is 16.4. The molecule has 0 unspecified atom stereocenters. The van der Waals surface area contributed by atoms with Gasteiger partial charge in [0.2, 0.25) is 5.91 Å². The van der Waals surface area contributed by atoms with Crippen molar-refractivity contribution in [2.45, 2.75) is 30.8 Å². The first kappa shape index (κ1) is 27.8. The number of aryl methyl sites for hydroxylation is 1. The Morgan fingerprint density at radius 3 is 2.59 bits per heavy atom. The van der Waals surface area contributed by atoms with Gasteiger partial charge in [-0.3, -0.25) is 9.10 Å². The van der Waals surface area contributed by atoms with Crippen molar-refractivity contribution in [1.29, 1.82) is 0 Å². The molecule has 0 bridgehead atoms. The molecule has 0 aromatic heterocycles. The van der Waals surface area contributed by atoms with Gasteiger partial charge in [0, 0.05) is 25.1 Å². The number of sulfonamides is 1. The van der Waals surface area contributed by atoms with E-state index in [0.29, 0.717) is 49.7 Å². The molecule has 1 amide bonds. The molecule has 6 rings (SSSR count). The molecule has 3 aromatic rings. The average Bonchev–Trinajstić information content (AvgIpc) is 2.89. The molecular formula is C31H30ClFN2O5S. The van der Waals surface area contributed by atoms with Crippen LogP contribution in [0.4, 0.5) is 10.1 Å². The molecule has 0 aliphatic carbocycles. The van der Waals surface area contributed by atoms with Crippen LogP contribution in [-0.4, -0.2) is 58.2 Å². The first-order valence-electron chi connectivity index (χ1n) is 13.5. The van der Waals surface area contributed by atoms with Gasteiger partial charge in [-0.05, 0) is 66.9 Å². The SMILES string of the molecule is Cc1cccc(S(=O)(=O)N2C[C@H](CCC(=O)N3CC4(COC4)C3)Oc3ccc(/C=C/c4c(F)cccc4Cl)cc32)c1. The van der Waals surface area contributed by atoms with Gasteiger partial charge in [0.05, 0.1) is 40.8 Å². The molecule has 41 heavy (non-hydrogen) atoms. The van der Waals surface area contributed by atoms with Crippen LogP contribution >= 0.6 is 11.6 Å². The van der Waals surface area contributed by atoms with E-state index in [9.17, 15) is 17.6 Å². The highest BCUT2D eigenvalue weighted by molar-refractivity contribution is 7.92. The number of carbonyl (C=O) groups is 1. The highest BCUT2D eigenvalue weighted by Crippen LogP contribution is 2.40. The average molecular weight is 597 g/mol. The molecular weight excluding hydrogens is 567 g/mol. The third kappa shape index (κ3) is 5.46. The summed E-state index contributed by atoms with van der Waals surface area (Å²) < 4.78 is 55.0. The Kier molecular flexibility index (Phi) is 7.30. The first-order chi connectivity index (χ1) is 19.6. The summed E-state index contributed by atoms with van der Waals surface area (Å²) in [5.74, 6) is -0.0108. The van der Waals surface area contributed by atoms with Crippen LogP contribution in [0.25, 0.3) is 12.2 Å². The van der Waals surface area contributed by atoms with E-state index in [1.165, 1.54) is 16.4 Å². The van der Waals surface area contributed by atoms with Crippen molar-refractivity contribution in [3.63, 3.8) is 0 Å². The number of nitrogens with zero attached hydrogens (tertiary/aromatic N) is 2. The number of likely N-dealkylation sites (tertiary alicyclic amines) is 1. The van der Waals surface area contributed by atoms with Gasteiger partial charge in [0.25, 0.3) is 10.0 Å². The minimum absolute atomic E-state index is 0.0392. The van der Waals surface area contributed by atoms with Crippen LogP contribution in [0.2, 0.25) is 5.02 Å². The highest BCUT2D eigenvalue weighted by Gasteiger charge is 2.50. The fraction of sp³-hybridized carbons (Fsp3) is 0.323. The lowest BCUT2D eigenvalue weighted by Gasteiger charge is -2.55. The molecule has 3 heterocycles. The van der Waals surface area contributed by atoms with Crippen molar-refractivity contribution in [2.75, 3.05) is 37.2 Å². The second-order valence-corrected chi connectivity index (χ2v) is 13.3. The van der Waals surface area contributed by atoms with Crippen molar-refractivity contribution >= 4 is 45.4 Å². The largest absolute Gasteiger partial charge is 0.486 e. The van der Waals surface area contributed by atoms with Crippen molar-refractivity contribution in [3.8, 4) is 5.75 Å². The van der Waals surface area contributed by atoms with Crippen molar-refractivity contribution < 1.29 is 27.1 Å². The van der Waals surface area contributed by atoms with Crippen molar-refractivity contribution in [3.05, 3.63) is 88.2 Å². The monoisotopic (exact) mass is 596 g/mol. The van der Waals surface area contributed by atoms with E-state index in [4.69, 9.17) is 21.1 Å². The molecule has 0 saturated carbocycles. The summed E-state index contributed by atoms with van der Waals surface area (Å²) in [5, 5.41) is 0.276. The molecule has 1 atom stereocenters. The maximum atomic E-state index is 14.3. The summed E-state index contributed by atoms with van der Waals surface area (Å²) >= 11 is 6.17. The summed E-state index contributed by atoms with van der Waals surface area (Å²) in [6.45, 7) is 4.73. The molecule has 0 N–H and O–H groups in total. The van der Waals surface area contributed by atoms with Crippen LogP contribution in [-0.2, 0) is 19.6 Å². The lowest BCUT2D eigenvalue weighted by atomic mass is 9.78. The smallest absolute Gasteiger partial charge is 0.264 e. The number of benzene rings is 3. The topological polar surface area (TPSA) is 76.2 Å². The minimum Gasteiger partial charge on any atom is -0.486 e. The predicted octanol–water partition coefficient (Wildman–Crippen LogP) is 5.55. The quantitative estimate of drug-likeness (QED) is 0.334. The van der Waals surface area contributed by atoms with Gasteiger partial charge >= 0.3 is 0 Å². The number of anilines is 1. The lowest BCUT2D eigenvalue weighted by molar-refractivity contribution is -0.195. The van der Waals surface area contributed by atoms with E-state index < -0.39 is 21.9 Å². The zero-order valence-electron chi connectivity index (χ0n) is 22.6. The maximum absolute atomic E-state index is 14.3. The van der Waals surface area contributed by atoms with Gasteiger partial charge in [-0.25, -0.2) is 12.8 Å². The summed E-state index contributed by atoms with van der Waals surface area (Å²) in [7, 11) is -3.95. The number of rotatable bonds is 7. The summed E-state index contributed by atoms with van der Waals surface area (Å²) in [5.41, 5.74) is 2.24. The Morgan fingerprint density at radius 1 is 1.10 bits per heavy atom. The molecule has 10 heteroatoms. The number of carbonyl (C=O) groups excluding carboxylic acids is 1. The van der Waals surface area contributed by atoms with Crippen LogP contribution < -0.4 is 9.04 Å². The molecule has 3 aliphatic heterocycles. The third-order valence-corrected chi connectivity index (χ3v) is 9.94. The van der Waals surface area contributed by atoms with Gasteiger partial charge in [0.15, 0.2) is 0 Å². The van der Waals surface area contributed by atoms with Crippen LogP contribution in [0, 0.1) is 18.2 Å². The Hall–Kier alpha value is -3.40. The summed E-state index contributed by atoms with van der Waals surface area (Å²) in [6.07, 6.45) is 3.38. The fourth-order valence-corrected chi connectivity index (χ4v) is 7.35. The lowest BCUT2D eigenvalue weighted by Crippen LogP contribution is -2.67. The molecule has 7 nitrogen and oxygen atoms in total. The van der Waals surface area contributed by atoms with E-state index in [0.717, 1.165) is 5.56 Å². The molecule has 0 radical (unpaired) electrons. The molecule has 2 fully saturated rings. The van der Waals surface area contributed by atoms with Crippen LogP contribution in [0.15, 0.2) is 65.6 Å². The third-order valence-electron chi connectivity index (χ3n) is 7.84. The standard InChI is InChI=1S/C31H30ClFN2O5S/c1-21-4-2-5-24(14-21)41(37,38)35-16-23(10-13-30(36)34-17-31(18-34)19-39-20-31)40-29-12-9-22(15-28(29)35)8-11-25-26(32)6-3-7-27(25)33/h2-9,11-12,14-15,23H,10,13,16-20H2,1H3/b11-8+/t23-/m0/s1. The molecule has 3 aromatic carbocycles.